The number of carbonyl (C=O) groups excluding carboxylic acids is 3. The van der Waals surface area contributed by atoms with Gasteiger partial charge in [-0.2, -0.15) is 0 Å². The summed E-state index contributed by atoms with van der Waals surface area (Å²) in [5.74, 6) is -0.229. The minimum atomic E-state index is -0.528. The third kappa shape index (κ3) is 4.35. The van der Waals surface area contributed by atoms with E-state index in [-0.39, 0.29) is 17.7 Å². The number of carbonyl (C=O) groups is 3. The van der Waals surface area contributed by atoms with Gasteiger partial charge in [0.2, 0.25) is 11.8 Å². The van der Waals surface area contributed by atoms with Gasteiger partial charge in [0.1, 0.15) is 12.1 Å². The van der Waals surface area contributed by atoms with E-state index in [9.17, 15) is 14.4 Å². The van der Waals surface area contributed by atoms with Crippen LogP contribution in [0.15, 0.2) is 18.2 Å². The monoisotopic (exact) mass is 387 g/mol. The van der Waals surface area contributed by atoms with Gasteiger partial charge in [0.15, 0.2) is 0 Å². The fourth-order valence-corrected chi connectivity index (χ4v) is 3.82. The zero-order valence-electron chi connectivity index (χ0n) is 16.9. The second-order valence-electron chi connectivity index (χ2n) is 7.70. The summed E-state index contributed by atoms with van der Waals surface area (Å²) in [4.78, 5) is 40.9. The minimum absolute atomic E-state index is 0.0220. The first-order chi connectivity index (χ1) is 13.4. The lowest BCUT2D eigenvalue weighted by atomic mass is 9.92. The van der Waals surface area contributed by atoms with Crippen molar-refractivity contribution >= 4 is 23.4 Å². The second-order valence-corrected chi connectivity index (χ2v) is 7.70. The van der Waals surface area contributed by atoms with Gasteiger partial charge in [-0.05, 0) is 42.5 Å². The van der Waals surface area contributed by atoms with Gasteiger partial charge in [-0.1, -0.05) is 13.0 Å². The Morgan fingerprint density at radius 2 is 2.04 bits per heavy atom. The SMILES string of the molecule is CCCC(=O)Nc1ccc2c(c1)CN(C(=O)[C@@H]1CCCO1)[C@@H](C(=O)N(C)C)C2. The Balaban J connectivity index is 1.86. The lowest BCUT2D eigenvalue weighted by molar-refractivity contribution is -0.151. The predicted molar refractivity (Wildman–Crippen MR) is 106 cm³/mol. The maximum Gasteiger partial charge on any atom is 0.252 e. The molecule has 0 saturated carbocycles. The van der Waals surface area contributed by atoms with E-state index < -0.39 is 12.1 Å². The molecule has 2 aliphatic rings. The Morgan fingerprint density at radius 1 is 1.25 bits per heavy atom. The number of fused-ring (bicyclic) bond motifs is 1. The fourth-order valence-electron chi connectivity index (χ4n) is 3.82. The molecule has 3 rings (SSSR count). The standard InChI is InChI=1S/C21H29N3O4/c1-4-6-19(25)22-16-9-8-14-12-17(20(26)23(2)3)24(13-15(14)11-16)21(27)18-7-5-10-28-18/h8-9,11,17-18H,4-7,10,12-13H2,1-3H3,(H,22,25)/t17-,18+/m1/s1. The zero-order valence-corrected chi connectivity index (χ0v) is 16.9. The van der Waals surface area contributed by atoms with Crippen LogP contribution < -0.4 is 5.32 Å². The third-order valence-corrected chi connectivity index (χ3v) is 5.31. The number of anilines is 1. The number of rotatable bonds is 5. The van der Waals surface area contributed by atoms with Crippen molar-refractivity contribution in [3.63, 3.8) is 0 Å². The smallest absolute Gasteiger partial charge is 0.252 e. The van der Waals surface area contributed by atoms with Gasteiger partial charge in [0, 0.05) is 45.8 Å². The van der Waals surface area contributed by atoms with Crippen molar-refractivity contribution in [3.05, 3.63) is 29.3 Å². The van der Waals surface area contributed by atoms with Crippen LogP contribution in [0.2, 0.25) is 0 Å². The number of hydrogen-bond acceptors (Lipinski definition) is 4. The van der Waals surface area contributed by atoms with Crippen LogP contribution in [0.3, 0.4) is 0 Å². The van der Waals surface area contributed by atoms with E-state index in [0.29, 0.717) is 32.4 Å². The molecule has 7 heteroatoms. The first-order valence-electron chi connectivity index (χ1n) is 9.95. The van der Waals surface area contributed by atoms with E-state index in [0.717, 1.165) is 29.7 Å². The van der Waals surface area contributed by atoms with E-state index in [4.69, 9.17) is 4.74 Å². The molecule has 0 unspecified atom stereocenters. The third-order valence-electron chi connectivity index (χ3n) is 5.31. The van der Waals surface area contributed by atoms with E-state index >= 15 is 0 Å². The highest BCUT2D eigenvalue weighted by Crippen LogP contribution is 2.29. The van der Waals surface area contributed by atoms with E-state index in [1.54, 1.807) is 19.0 Å². The van der Waals surface area contributed by atoms with Crippen LogP contribution in [0.4, 0.5) is 5.69 Å². The Hall–Kier alpha value is -2.41. The van der Waals surface area contributed by atoms with Gasteiger partial charge in [-0.15, -0.1) is 0 Å². The van der Waals surface area contributed by atoms with Gasteiger partial charge in [0.25, 0.3) is 5.91 Å². The largest absolute Gasteiger partial charge is 0.368 e. The van der Waals surface area contributed by atoms with Gasteiger partial charge < -0.3 is 19.9 Å². The van der Waals surface area contributed by atoms with Gasteiger partial charge in [-0.25, -0.2) is 0 Å². The van der Waals surface area contributed by atoms with Crippen molar-refractivity contribution in [2.45, 2.75) is 57.7 Å². The summed E-state index contributed by atoms with van der Waals surface area (Å²) in [5, 5.41) is 2.90. The molecule has 0 bridgehead atoms. The van der Waals surface area contributed by atoms with Crippen molar-refractivity contribution in [2.75, 3.05) is 26.0 Å². The molecule has 1 aromatic carbocycles. The molecule has 28 heavy (non-hydrogen) atoms. The van der Waals surface area contributed by atoms with E-state index in [1.807, 2.05) is 25.1 Å². The molecule has 2 heterocycles. The average molecular weight is 387 g/mol. The summed E-state index contributed by atoms with van der Waals surface area (Å²) in [7, 11) is 3.41. The number of likely N-dealkylation sites (N-methyl/N-ethyl adjacent to an activating group) is 1. The highest BCUT2D eigenvalue weighted by Gasteiger charge is 2.39. The van der Waals surface area contributed by atoms with Crippen molar-refractivity contribution in [2.24, 2.45) is 0 Å². The zero-order chi connectivity index (χ0) is 20.3. The van der Waals surface area contributed by atoms with Crippen LogP contribution in [0, 0.1) is 0 Å². The van der Waals surface area contributed by atoms with Gasteiger partial charge in [-0.3, -0.25) is 14.4 Å². The molecule has 7 nitrogen and oxygen atoms in total. The maximum absolute atomic E-state index is 13.1. The quantitative estimate of drug-likeness (QED) is 0.838. The lowest BCUT2D eigenvalue weighted by Crippen LogP contribution is -2.54. The number of nitrogens with one attached hydrogen (secondary N) is 1. The molecule has 0 aromatic heterocycles. The molecule has 0 spiro atoms. The Morgan fingerprint density at radius 3 is 2.68 bits per heavy atom. The number of benzene rings is 1. The molecule has 2 aliphatic heterocycles. The summed E-state index contributed by atoms with van der Waals surface area (Å²) < 4.78 is 5.57. The maximum atomic E-state index is 13.1. The summed E-state index contributed by atoms with van der Waals surface area (Å²) in [6.45, 7) is 2.89. The fraction of sp³-hybridized carbons (Fsp3) is 0.571. The highest BCUT2D eigenvalue weighted by molar-refractivity contribution is 5.92. The minimum Gasteiger partial charge on any atom is -0.368 e. The molecule has 1 aromatic rings. The van der Waals surface area contributed by atoms with Gasteiger partial charge in [0.05, 0.1) is 0 Å². The van der Waals surface area contributed by atoms with Crippen molar-refractivity contribution in [3.8, 4) is 0 Å². The lowest BCUT2D eigenvalue weighted by Gasteiger charge is -2.38. The molecule has 0 radical (unpaired) electrons. The number of nitrogens with zero attached hydrogens (tertiary/aromatic N) is 2. The van der Waals surface area contributed by atoms with Crippen LogP contribution >= 0.6 is 0 Å². The van der Waals surface area contributed by atoms with Crippen LogP contribution in [0.1, 0.15) is 43.7 Å². The molecule has 152 valence electrons. The number of hydrogen-bond donors (Lipinski definition) is 1. The number of ether oxygens (including phenoxy) is 1. The van der Waals surface area contributed by atoms with Crippen molar-refractivity contribution < 1.29 is 19.1 Å². The molecule has 0 aliphatic carbocycles. The average Bonchev–Trinajstić information content (AvgIpc) is 3.20. The van der Waals surface area contributed by atoms with E-state index in [2.05, 4.69) is 5.32 Å². The molecule has 1 saturated heterocycles. The van der Waals surface area contributed by atoms with Gasteiger partial charge >= 0.3 is 0 Å². The predicted octanol–water partition coefficient (Wildman–Crippen LogP) is 1.95. The summed E-state index contributed by atoms with van der Waals surface area (Å²) in [6, 6.07) is 5.19. The first-order valence-corrected chi connectivity index (χ1v) is 9.95. The van der Waals surface area contributed by atoms with Crippen LogP contribution in [0.5, 0.6) is 0 Å². The van der Waals surface area contributed by atoms with E-state index in [1.165, 1.54) is 4.90 Å². The molecule has 1 N–H and O–H groups in total. The van der Waals surface area contributed by atoms with Crippen LogP contribution in [-0.2, 0) is 32.1 Å². The molecule has 1 fully saturated rings. The molecule has 2 atom stereocenters. The number of amides is 3. The van der Waals surface area contributed by atoms with Crippen LogP contribution in [0.25, 0.3) is 0 Å². The normalized spacial score (nSPS) is 21.2. The Bertz CT molecular complexity index is 756. The summed E-state index contributed by atoms with van der Waals surface area (Å²) >= 11 is 0. The Labute approximate surface area is 166 Å². The first kappa shape index (κ1) is 20.3. The topological polar surface area (TPSA) is 79.0 Å². The van der Waals surface area contributed by atoms with Crippen LogP contribution in [-0.4, -0.2) is 60.4 Å². The molecular formula is C21H29N3O4. The van der Waals surface area contributed by atoms with Crippen molar-refractivity contribution in [1.29, 1.82) is 0 Å². The summed E-state index contributed by atoms with van der Waals surface area (Å²) in [6.07, 6.45) is 2.81. The second kappa shape index (κ2) is 8.73. The Kier molecular flexibility index (Phi) is 6.34. The summed E-state index contributed by atoms with van der Waals surface area (Å²) in [5.41, 5.74) is 2.72. The molecule has 3 amide bonds. The molecular weight excluding hydrogens is 358 g/mol. The highest BCUT2D eigenvalue weighted by atomic mass is 16.5. The van der Waals surface area contributed by atoms with Crippen molar-refractivity contribution in [1.82, 2.24) is 9.80 Å².